The maximum absolute atomic E-state index is 13.3. The van der Waals surface area contributed by atoms with Crippen molar-refractivity contribution in [3.63, 3.8) is 0 Å². The average molecular weight is 259 g/mol. The van der Waals surface area contributed by atoms with Crippen LogP contribution >= 0.6 is 15.9 Å². The normalized spacial score (nSPS) is 15.2. The van der Waals surface area contributed by atoms with Gasteiger partial charge in [0.2, 0.25) is 0 Å². The Bertz CT molecular complexity index is 309. The average Bonchev–Trinajstić information content (AvgIpc) is 2.20. The second-order valence-electron chi connectivity index (χ2n) is 3.72. The van der Waals surface area contributed by atoms with Gasteiger partial charge in [0.05, 0.1) is 0 Å². The largest absolute Gasteiger partial charge is 0.207 e. The van der Waals surface area contributed by atoms with Gasteiger partial charge in [-0.15, -0.1) is 0 Å². The molecule has 78 valence electrons. The van der Waals surface area contributed by atoms with Gasteiger partial charge in [-0.3, -0.25) is 0 Å². The van der Waals surface area contributed by atoms with Gasteiger partial charge >= 0.3 is 0 Å². The molecule has 0 spiro atoms. The minimum absolute atomic E-state index is 0.106. The molecule has 0 amide bonds. The Balaban J connectivity index is 2.91. The van der Waals surface area contributed by atoms with Crippen molar-refractivity contribution >= 4 is 15.9 Å². The zero-order valence-corrected chi connectivity index (χ0v) is 10.4. The highest BCUT2D eigenvalue weighted by atomic mass is 79.9. The molecule has 14 heavy (non-hydrogen) atoms. The molecule has 2 heteroatoms. The van der Waals surface area contributed by atoms with E-state index in [1.807, 2.05) is 12.1 Å². The molecule has 1 aromatic carbocycles. The number of halogens is 2. The maximum atomic E-state index is 13.3. The first kappa shape index (κ1) is 11.7. The van der Waals surface area contributed by atoms with Crippen LogP contribution in [0.3, 0.4) is 0 Å². The van der Waals surface area contributed by atoms with Crippen molar-refractivity contribution in [1.29, 1.82) is 0 Å². The van der Waals surface area contributed by atoms with E-state index in [1.54, 1.807) is 13.0 Å². The summed E-state index contributed by atoms with van der Waals surface area (Å²) in [5.74, 6) is 0.250. The van der Waals surface area contributed by atoms with Crippen molar-refractivity contribution in [2.24, 2.45) is 0 Å². The molecular weight excluding hydrogens is 243 g/mol. The Morgan fingerprint density at radius 2 is 2.07 bits per heavy atom. The summed E-state index contributed by atoms with van der Waals surface area (Å²) in [6.45, 7) is 6.03. The predicted octanol–water partition coefficient (Wildman–Crippen LogP) is 4.41. The number of benzene rings is 1. The summed E-state index contributed by atoms with van der Waals surface area (Å²) < 4.78 is 13.3. The highest BCUT2D eigenvalue weighted by Crippen LogP contribution is 2.27. The fourth-order valence-electron chi connectivity index (χ4n) is 1.45. The Morgan fingerprint density at radius 3 is 2.57 bits per heavy atom. The Hall–Kier alpha value is -0.370. The van der Waals surface area contributed by atoms with Gasteiger partial charge in [-0.25, -0.2) is 4.39 Å². The first-order chi connectivity index (χ1) is 6.56. The number of rotatable bonds is 3. The molecular formula is C12H16BrF. The van der Waals surface area contributed by atoms with Gasteiger partial charge < -0.3 is 0 Å². The second kappa shape index (κ2) is 4.92. The predicted molar refractivity (Wildman–Crippen MR) is 62.6 cm³/mol. The number of hydrogen-bond acceptors (Lipinski definition) is 0. The van der Waals surface area contributed by atoms with E-state index in [4.69, 9.17) is 0 Å². The summed E-state index contributed by atoms with van der Waals surface area (Å²) in [7, 11) is 0. The second-order valence-corrected chi connectivity index (χ2v) is 4.90. The van der Waals surface area contributed by atoms with Crippen LogP contribution in [0.25, 0.3) is 0 Å². The van der Waals surface area contributed by atoms with Crippen LogP contribution in [0.15, 0.2) is 18.2 Å². The molecule has 2 atom stereocenters. The summed E-state index contributed by atoms with van der Waals surface area (Å²) in [6, 6.07) is 5.49. The molecule has 0 radical (unpaired) electrons. The first-order valence-electron chi connectivity index (χ1n) is 4.96. The van der Waals surface area contributed by atoms with Gasteiger partial charge in [-0.05, 0) is 36.5 Å². The van der Waals surface area contributed by atoms with Crippen molar-refractivity contribution < 1.29 is 4.39 Å². The van der Waals surface area contributed by atoms with E-state index in [0.29, 0.717) is 16.3 Å². The topological polar surface area (TPSA) is 0 Å². The molecule has 0 N–H and O–H groups in total. The fourth-order valence-corrected chi connectivity index (χ4v) is 1.76. The molecule has 0 nitrogen and oxygen atoms in total. The van der Waals surface area contributed by atoms with Crippen LogP contribution in [0.5, 0.6) is 0 Å². The van der Waals surface area contributed by atoms with Gasteiger partial charge in [0, 0.05) is 4.83 Å². The van der Waals surface area contributed by atoms with E-state index in [0.717, 1.165) is 12.0 Å². The molecule has 1 aromatic rings. The van der Waals surface area contributed by atoms with Crippen molar-refractivity contribution in [2.75, 3.05) is 0 Å². The molecule has 0 saturated heterocycles. The monoisotopic (exact) mass is 258 g/mol. The summed E-state index contributed by atoms with van der Waals surface area (Å²) in [6.07, 6.45) is 1.05. The zero-order chi connectivity index (χ0) is 10.7. The van der Waals surface area contributed by atoms with Crippen LogP contribution in [0.1, 0.15) is 37.3 Å². The highest BCUT2D eigenvalue weighted by molar-refractivity contribution is 9.09. The van der Waals surface area contributed by atoms with Crippen LogP contribution in [0.4, 0.5) is 4.39 Å². The van der Waals surface area contributed by atoms with Crippen molar-refractivity contribution in [3.8, 4) is 0 Å². The third-order valence-corrected chi connectivity index (χ3v) is 4.09. The lowest BCUT2D eigenvalue weighted by Crippen LogP contribution is -2.08. The molecule has 2 unspecified atom stereocenters. The van der Waals surface area contributed by atoms with Crippen LogP contribution in [0.2, 0.25) is 0 Å². The highest BCUT2D eigenvalue weighted by Gasteiger charge is 2.14. The lowest BCUT2D eigenvalue weighted by atomic mass is 9.95. The summed E-state index contributed by atoms with van der Waals surface area (Å²) in [4.78, 5) is 0.421. The number of aryl methyl sites for hydroxylation is 1. The zero-order valence-electron chi connectivity index (χ0n) is 8.85. The van der Waals surface area contributed by atoms with E-state index in [1.165, 1.54) is 0 Å². The molecule has 0 saturated carbocycles. The van der Waals surface area contributed by atoms with E-state index in [-0.39, 0.29) is 5.82 Å². The van der Waals surface area contributed by atoms with E-state index >= 15 is 0 Å². The Morgan fingerprint density at radius 1 is 1.43 bits per heavy atom. The van der Waals surface area contributed by atoms with Crippen LogP contribution in [-0.2, 0) is 0 Å². The quantitative estimate of drug-likeness (QED) is 0.705. The SMILES string of the molecule is CCC(Br)C(C)c1ccc(C)c(F)c1. The molecule has 0 fully saturated rings. The van der Waals surface area contributed by atoms with Gasteiger partial charge in [-0.2, -0.15) is 0 Å². The first-order valence-corrected chi connectivity index (χ1v) is 5.88. The van der Waals surface area contributed by atoms with Crippen LogP contribution in [-0.4, -0.2) is 4.83 Å². The molecule has 0 aliphatic heterocycles. The molecule has 0 aliphatic carbocycles. The van der Waals surface area contributed by atoms with E-state index in [2.05, 4.69) is 29.8 Å². The van der Waals surface area contributed by atoms with Crippen LogP contribution in [0, 0.1) is 12.7 Å². The Labute approximate surface area is 93.7 Å². The number of alkyl halides is 1. The molecule has 0 heterocycles. The smallest absolute Gasteiger partial charge is 0.126 e. The van der Waals surface area contributed by atoms with E-state index < -0.39 is 0 Å². The Kier molecular flexibility index (Phi) is 4.11. The third-order valence-electron chi connectivity index (χ3n) is 2.65. The summed E-state index contributed by atoms with van der Waals surface area (Å²) in [5, 5.41) is 0. The minimum atomic E-state index is -0.106. The lowest BCUT2D eigenvalue weighted by Gasteiger charge is -2.17. The van der Waals surface area contributed by atoms with Crippen molar-refractivity contribution in [3.05, 3.63) is 35.1 Å². The summed E-state index contributed by atoms with van der Waals surface area (Å²) in [5.41, 5.74) is 1.78. The van der Waals surface area contributed by atoms with Gasteiger partial charge in [0.1, 0.15) is 5.82 Å². The molecule has 0 aliphatic rings. The van der Waals surface area contributed by atoms with Crippen LogP contribution < -0.4 is 0 Å². The molecule has 0 bridgehead atoms. The summed E-state index contributed by atoms with van der Waals surface area (Å²) >= 11 is 3.60. The third kappa shape index (κ3) is 2.57. The molecule has 0 aromatic heterocycles. The fraction of sp³-hybridized carbons (Fsp3) is 0.500. The van der Waals surface area contributed by atoms with Crippen molar-refractivity contribution in [2.45, 2.75) is 37.9 Å². The van der Waals surface area contributed by atoms with Gasteiger partial charge in [-0.1, -0.05) is 41.9 Å². The minimum Gasteiger partial charge on any atom is -0.207 e. The van der Waals surface area contributed by atoms with Gasteiger partial charge in [0.25, 0.3) is 0 Å². The molecule has 1 rings (SSSR count). The maximum Gasteiger partial charge on any atom is 0.126 e. The number of hydrogen-bond donors (Lipinski definition) is 0. The standard InChI is InChI=1S/C12H16BrF/c1-4-11(13)9(3)10-6-5-8(2)12(14)7-10/h5-7,9,11H,4H2,1-3H3. The van der Waals surface area contributed by atoms with Crippen molar-refractivity contribution in [1.82, 2.24) is 0 Å². The van der Waals surface area contributed by atoms with E-state index in [9.17, 15) is 4.39 Å². The lowest BCUT2D eigenvalue weighted by molar-refractivity contribution is 0.609. The van der Waals surface area contributed by atoms with Gasteiger partial charge in [0.15, 0.2) is 0 Å².